The van der Waals surface area contributed by atoms with E-state index in [2.05, 4.69) is 0 Å². The molecule has 110 valence electrons. The van der Waals surface area contributed by atoms with Crippen LogP contribution in [0.15, 0.2) is 0 Å². The summed E-state index contributed by atoms with van der Waals surface area (Å²) in [6, 6.07) is 0. The van der Waals surface area contributed by atoms with E-state index in [0.29, 0.717) is 37.0 Å². The monoisotopic (exact) mass is 278 g/mol. The molecule has 4 nitrogen and oxygen atoms in total. The van der Waals surface area contributed by atoms with Gasteiger partial charge in [0.2, 0.25) is 0 Å². The van der Waals surface area contributed by atoms with E-state index in [1.54, 1.807) is 0 Å². The van der Waals surface area contributed by atoms with Gasteiger partial charge in [-0.15, -0.1) is 0 Å². The Kier molecular flexibility index (Phi) is 3.65. The molecule has 0 aromatic heterocycles. The normalized spacial score (nSPS) is 40.8. The zero-order chi connectivity index (χ0) is 14.3. The summed E-state index contributed by atoms with van der Waals surface area (Å²) in [5.74, 6) is 1.60. The number of carbonyl (C=O) groups excluding carboxylic acids is 3. The third-order valence-corrected chi connectivity index (χ3v) is 5.47. The number of esters is 1. The average Bonchev–Trinajstić information content (AvgIpc) is 2.38. The van der Waals surface area contributed by atoms with Crippen molar-refractivity contribution in [1.82, 2.24) is 0 Å². The Morgan fingerprint density at radius 3 is 2.65 bits per heavy atom. The van der Waals surface area contributed by atoms with E-state index >= 15 is 0 Å². The number of hydrogen-bond acceptors (Lipinski definition) is 4. The lowest BCUT2D eigenvalue weighted by Crippen LogP contribution is -2.47. The Hall–Kier alpha value is -1.19. The Labute approximate surface area is 119 Å². The van der Waals surface area contributed by atoms with Gasteiger partial charge in [-0.3, -0.25) is 14.4 Å². The van der Waals surface area contributed by atoms with Crippen molar-refractivity contribution in [1.29, 1.82) is 0 Å². The van der Waals surface area contributed by atoms with E-state index in [9.17, 15) is 14.4 Å². The first kappa shape index (κ1) is 13.8. The number of rotatable bonds is 1. The van der Waals surface area contributed by atoms with Gasteiger partial charge in [0.15, 0.2) is 0 Å². The molecule has 3 aliphatic carbocycles. The second kappa shape index (κ2) is 5.30. The molecular formula is C16H22O4. The van der Waals surface area contributed by atoms with Gasteiger partial charge in [-0.1, -0.05) is 0 Å². The van der Waals surface area contributed by atoms with Crippen LogP contribution in [0.5, 0.6) is 0 Å². The van der Waals surface area contributed by atoms with Crippen LogP contribution in [-0.4, -0.2) is 23.6 Å². The molecule has 0 amide bonds. The summed E-state index contributed by atoms with van der Waals surface area (Å²) < 4.78 is 5.32. The van der Waals surface area contributed by atoms with Gasteiger partial charge in [-0.2, -0.15) is 0 Å². The van der Waals surface area contributed by atoms with Gasteiger partial charge >= 0.3 is 5.97 Å². The van der Waals surface area contributed by atoms with Crippen molar-refractivity contribution in [3.63, 3.8) is 0 Å². The molecule has 3 fully saturated rings. The van der Waals surface area contributed by atoms with E-state index < -0.39 is 0 Å². The van der Waals surface area contributed by atoms with Gasteiger partial charge in [-0.25, -0.2) is 0 Å². The fraction of sp³-hybridized carbons (Fsp3) is 0.812. The van der Waals surface area contributed by atoms with E-state index in [1.165, 1.54) is 6.92 Å². The zero-order valence-electron chi connectivity index (χ0n) is 12.0. The van der Waals surface area contributed by atoms with Crippen LogP contribution in [0.2, 0.25) is 0 Å². The molecule has 0 N–H and O–H groups in total. The van der Waals surface area contributed by atoms with Crippen LogP contribution in [0.4, 0.5) is 0 Å². The maximum atomic E-state index is 12.3. The van der Waals surface area contributed by atoms with E-state index in [4.69, 9.17) is 4.74 Å². The molecular weight excluding hydrogens is 256 g/mol. The maximum absolute atomic E-state index is 12.3. The van der Waals surface area contributed by atoms with Crippen LogP contribution >= 0.6 is 0 Å². The molecule has 0 bridgehead atoms. The van der Waals surface area contributed by atoms with Crippen LogP contribution in [0, 0.1) is 23.7 Å². The number of ether oxygens (including phenoxy) is 1. The minimum atomic E-state index is -0.225. The molecule has 3 aliphatic rings. The summed E-state index contributed by atoms with van der Waals surface area (Å²) in [5, 5.41) is 0. The summed E-state index contributed by atoms with van der Waals surface area (Å²) in [7, 11) is 0. The molecule has 4 heteroatoms. The predicted octanol–water partition coefficient (Wildman–Crippen LogP) is 2.29. The third kappa shape index (κ3) is 2.52. The van der Waals surface area contributed by atoms with Crippen molar-refractivity contribution in [2.45, 2.75) is 58.0 Å². The van der Waals surface area contributed by atoms with Crippen molar-refractivity contribution in [2.75, 3.05) is 0 Å². The first-order valence-corrected chi connectivity index (χ1v) is 7.76. The number of carbonyl (C=O) groups is 3. The highest BCUT2D eigenvalue weighted by atomic mass is 16.5. The lowest BCUT2D eigenvalue weighted by molar-refractivity contribution is -0.153. The van der Waals surface area contributed by atoms with Crippen LogP contribution in [-0.2, 0) is 19.1 Å². The molecule has 0 aromatic carbocycles. The SMILES string of the molecule is CC(=O)OC1CCC2C(CC(=O)C3CC(=O)CCC32)C1. The Morgan fingerprint density at radius 1 is 1.10 bits per heavy atom. The number of Topliss-reactive ketones (excluding diaryl/α,β-unsaturated/α-hetero) is 2. The van der Waals surface area contributed by atoms with Crippen molar-refractivity contribution < 1.29 is 19.1 Å². The van der Waals surface area contributed by atoms with Crippen molar-refractivity contribution in [2.24, 2.45) is 23.7 Å². The van der Waals surface area contributed by atoms with Crippen molar-refractivity contribution in [3.8, 4) is 0 Å². The smallest absolute Gasteiger partial charge is 0.302 e. The standard InChI is InChI=1S/C16H22O4/c1-9(17)20-12-3-5-13-10(6-12)7-16(19)15-8-11(18)2-4-14(13)15/h10,12-15H,2-8H2,1H3. The topological polar surface area (TPSA) is 60.4 Å². The molecule has 3 rings (SSSR count). The molecule has 0 heterocycles. The molecule has 0 radical (unpaired) electrons. The van der Waals surface area contributed by atoms with Gasteiger partial charge in [0.25, 0.3) is 0 Å². The molecule has 0 saturated heterocycles. The fourth-order valence-electron chi connectivity index (χ4n) is 4.69. The summed E-state index contributed by atoms with van der Waals surface area (Å²) in [6.45, 7) is 1.45. The minimum Gasteiger partial charge on any atom is -0.463 e. The van der Waals surface area contributed by atoms with Gasteiger partial charge in [-0.05, 0) is 43.4 Å². The first-order chi connectivity index (χ1) is 9.54. The fourth-order valence-corrected chi connectivity index (χ4v) is 4.69. The second-order valence-corrected chi connectivity index (χ2v) is 6.69. The van der Waals surface area contributed by atoms with Crippen LogP contribution in [0.1, 0.15) is 51.9 Å². The highest BCUT2D eigenvalue weighted by Gasteiger charge is 2.48. The number of fused-ring (bicyclic) bond motifs is 3. The molecule has 5 atom stereocenters. The Bertz CT molecular complexity index is 442. The van der Waals surface area contributed by atoms with Gasteiger partial charge in [0.05, 0.1) is 0 Å². The number of ketones is 2. The first-order valence-electron chi connectivity index (χ1n) is 7.76. The largest absolute Gasteiger partial charge is 0.463 e. The summed E-state index contributed by atoms with van der Waals surface area (Å²) in [5.41, 5.74) is 0. The van der Waals surface area contributed by atoms with Gasteiger partial charge in [0, 0.05) is 32.1 Å². The second-order valence-electron chi connectivity index (χ2n) is 6.69. The number of hydrogen-bond donors (Lipinski definition) is 0. The van der Waals surface area contributed by atoms with Crippen LogP contribution in [0.3, 0.4) is 0 Å². The Morgan fingerprint density at radius 2 is 1.90 bits per heavy atom. The summed E-state index contributed by atoms with van der Waals surface area (Å²) in [6.07, 6.45) is 5.34. The summed E-state index contributed by atoms with van der Waals surface area (Å²) >= 11 is 0. The third-order valence-electron chi connectivity index (χ3n) is 5.47. The molecule has 3 saturated carbocycles. The highest BCUT2D eigenvalue weighted by Crippen LogP contribution is 2.49. The van der Waals surface area contributed by atoms with E-state index in [-0.39, 0.29) is 29.6 Å². The van der Waals surface area contributed by atoms with Gasteiger partial charge in [0.1, 0.15) is 17.7 Å². The zero-order valence-corrected chi connectivity index (χ0v) is 12.0. The van der Waals surface area contributed by atoms with Crippen LogP contribution < -0.4 is 0 Å². The Balaban J connectivity index is 1.71. The summed E-state index contributed by atoms with van der Waals surface area (Å²) in [4.78, 5) is 35.0. The maximum Gasteiger partial charge on any atom is 0.302 e. The van der Waals surface area contributed by atoms with Gasteiger partial charge < -0.3 is 4.74 Å². The molecule has 0 aliphatic heterocycles. The lowest BCUT2D eigenvalue weighted by Gasteiger charge is -2.47. The quantitative estimate of drug-likeness (QED) is 0.690. The molecule has 0 spiro atoms. The van der Waals surface area contributed by atoms with Crippen molar-refractivity contribution in [3.05, 3.63) is 0 Å². The van der Waals surface area contributed by atoms with Crippen LogP contribution in [0.25, 0.3) is 0 Å². The average molecular weight is 278 g/mol. The molecule has 0 aromatic rings. The lowest BCUT2D eigenvalue weighted by atomic mass is 9.57. The molecule has 20 heavy (non-hydrogen) atoms. The van der Waals surface area contributed by atoms with Crippen molar-refractivity contribution >= 4 is 17.5 Å². The van der Waals surface area contributed by atoms with E-state index in [0.717, 1.165) is 25.7 Å². The minimum absolute atomic E-state index is 0.0108. The molecule has 5 unspecified atom stereocenters. The predicted molar refractivity (Wildman–Crippen MR) is 71.8 cm³/mol. The van der Waals surface area contributed by atoms with E-state index in [1.807, 2.05) is 0 Å². The highest BCUT2D eigenvalue weighted by molar-refractivity contribution is 5.90.